The highest BCUT2D eigenvalue weighted by molar-refractivity contribution is 7.13. The number of ether oxygens (including phenoxy) is 1. The summed E-state index contributed by atoms with van der Waals surface area (Å²) in [4.78, 5) is 15.8. The number of anilines is 2. The maximum absolute atomic E-state index is 11.4. The number of nitrogens with one attached hydrogen (secondary N) is 1. The van der Waals surface area contributed by atoms with Gasteiger partial charge < -0.3 is 10.1 Å². The lowest BCUT2D eigenvalue weighted by Crippen LogP contribution is -2.07. The van der Waals surface area contributed by atoms with E-state index in [0.29, 0.717) is 6.61 Å². The minimum absolute atomic E-state index is 0.221. The van der Waals surface area contributed by atoms with Gasteiger partial charge >= 0.3 is 5.97 Å². The number of benzene rings is 1. The van der Waals surface area contributed by atoms with E-state index < -0.39 is 0 Å². The second kappa shape index (κ2) is 6.52. The Balaban J connectivity index is 2.02. The fraction of sp³-hybridized carbons (Fsp3) is 0.333. The Kier molecular flexibility index (Phi) is 4.74. The molecule has 0 atom stereocenters. The van der Waals surface area contributed by atoms with Gasteiger partial charge in [-0.15, -0.1) is 11.3 Å². The molecule has 0 unspecified atom stereocenters. The molecule has 0 saturated heterocycles. The van der Waals surface area contributed by atoms with Crippen LogP contribution in [-0.4, -0.2) is 17.6 Å². The standard InChI is InChI=1S/C15H18N2O2S/c1-4-19-14(18)8-13-9-20-15(17-13)16-12-6-5-10(2)11(3)7-12/h5-7,9H,4,8H2,1-3H3,(H,16,17). The van der Waals surface area contributed by atoms with Gasteiger partial charge in [-0.3, -0.25) is 4.79 Å². The SMILES string of the molecule is CCOC(=O)Cc1csc(Nc2ccc(C)c(C)c2)n1. The van der Waals surface area contributed by atoms with Crippen molar-refractivity contribution in [3.05, 3.63) is 40.4 Å². The van der Waals surface area contributed by atoms with Crippen LogP contribution in [0.25, 0.3) is 0 Å². The molecular weight excluding hydrogens is 272 g/mol. The molecule has 5 heteroatoms. The molecule has 1 aromatic carbocycles. The zero-order valence-electron chi connectivity index (χ0n) is 11.9. The molecule has 0 saturated carbocycles. The Hall–Kier alpha value is -1.88. The summed E-state index contributed by atoms with van der Waals surface area (Å²) in [5.74, 6) is -0.240. The van der Waals surface area contributed by atoms with Crippen LogP contribution < -0.4 is 5.32 Å². The molecule has 1 heterocycles. The minimum Gasteiger partial charge on any atom is -0.466 e. The Bertz CT molecular complexity index is 608. The van der Waals surface area contributed by atoms with Gasteiger partial charge in [-0.05, 0) is 44.0 Å². The summed E-state index contributed by atoms with van der Waals surface area (Å²) < 4.78 is 4.91. The van der Waals surface area contributed by atoms with Gasteiger partial charge in [0.1, 0.15) is 0 Å². The summed E-state index contributed by atoms with van der Waals surface area (Å²) in [6, 6.07) is 6.18. The molecule has 0 fully saturated rings. The normalized spacial score (nSPS) is 10.3. The topological polar surface area (TPSA) is 51.2 Å². The number of thiazole rings is 1. The van der Waals surface area contributed by atoms with Crippen molar-refractivity contribution in [3.63, 3.8) is 0 Å². The first-order valence-electron chi connectivity index (χ1n) is 6.52. The van der Waals surface area contributed by atoms with Crippen molar-refractivity contribution in [3.8, 4) is 0 Å². The van der Waals surface area contributed by atoms with Crippen molar-refractivity contribution in [2.75, 3.05) is 11.9 Å². The van der Waals surface area contributed by atoms with Crippen LogP contribution in [-0.2, 0) is 16.0 Å². The molecule has 20 heavy (non-hydrogen) atoms. The highest BCUT2D eigenvalue weighted by Crippen LogP contribution is 2.23. The van der Waals surface area contributed by atoms with Crippen LogP contribution in [0.15, 0.2) is 23.6 Å². The smallest absolute Gasteiger partial charge is 0.311 e. The van der Waals surface area contributed by atoms with Gasteiger partial charge in [0, 0.05) is 11.1 Å². The van der Waals surface area contributed by atoms with Crippen molar-refractivity contribution in [2.45, 2.75) is 27.2 Å². The zero-order valence-corrected chi connectivity index (χ0v) is 12.7. The number of carbonyl (C=O) groups excluding carboxylic acids is 1. The lowest BCUT2D eigenvalue weighted by Gasteiger charge is -2.05. The molecule has 0 aliphatic carbocycles. The number of aromatic nitrogens is 1. The van der Waals surface area contributed by atoms with E-state index in [-0.39, 0.29) is 12.4 Å². The van der Waals surface area contributed by atoms with Crippen molar-refractivity contribution in [2.24, 2.45) is 0 Å². The van der Waals surface area contributed by atoms with Crippen LogP contribution in [0.5, 0.6) is 0 Å². The Morgan fingerprint density at radius 3 is 2.85 bits per heavy atom. The van der Waals surface area contributed by atoms with Crippen LogP contribution in [0.1, 0.15) is 23.7 Å². The number of esters is 1. The number of carbonyl (C=O) groups is 1. The molecule has 1 aromatic heterocycles. The molecule has 0 radical (unpaired) electrons. The van der Waals surface area contributed by atoms with Crippen LogP contribution in [0.2, 0.25) is 0 Å². The van der Waals surface area contributed by atoms with Crippen LogP contribution in [0.3, 0.4) is 0 Å². The van der Waals surface area contributed by atoms with Crippen molar-refractivity contribution in [1.29, 1.82) is 0 Å². The fourth-order valence-corrected chi connectivity index (χ4v) is 2.48. The van der Waals surface area contributed by atoms with E-state index in [9.17, 15) is 4.79 Å². The Morgan fingerprint density at radius 2 is 2.15 bits per heavy atom. The van der Waals surface area contributed by atoms with E-state index in [1.807, 2.05) is 11.4 Å². The summed E-state index contributed by atoms with van der Waals surface area (Å²) in [6.45, 7) is 6.36. The van der Waals surface area contributed by atoms with E-state index in [1.165, 1.54) is 22.5 Å². The number of aryl methyl sites for hydroxylation is 2. The van der Waals surface area contributed by atoms with Crippen LogP contribution >= 0.6 is 11.3 Å². The van der Waals surface area contributed by atoms with Crippen LogP contribution in [0, 0.1) is 13.8 Å². The third kappa shape index (κ3) is 3.81. The Morgan fingerprint density at radius 1 is 1.35 bits per heavy atom. The van der Waals surface area contributed by atoms with Gasteiger partial charge in [-0.25, -0.2) is 4.98 Å². The second-order valence-corrected chi connectivity index (χ2v) is 5.41. The Labute approximate surface area is 122 Å². The molecule has 0 aliphatic heterocycles. The maximum Gasteiger partial charge on any atom is 0.311 e. The average Bonchev–Trinajstić information content (AvgIpc) is 2.81. The van der Waals surface area contributed by atoms with Gasteiger partial charge in [-0.2, -0.15) is 0 Å². The van der Waals surface area contributed by atoms with Crippen LogP contribution in [0.4, 0.5) is 10.8 Å². The summed E-state index contributed by atoms with van der Waals surface area (Å²) in [7, 11) is 0. The molecule has 4 nitrogen and oxygen atoms in total. The first-order valence-corrected chi connectivity index (χ1v) is 7.40. The summed E-state index contributed by atoms with van der Waals surface area (Å²) >= 11 is 1.48. The van der Waals surface area contributed by atoms with Gasteiger partial charge in [0.05, 0.1) is 18.7 Å². The molecule has 0 bridgehead atoms. The first kappa shape index (κ1) is 14.5. The lowest BCUT2D eigenvalue weighted by atomic mass is 10.1. The van der Waals surface area contributed by atoms with Crippen molar-refractivity contribution in [1.82, 2.24) is 4.98 Å². The lowest BCUT2D eigenvalue weighted by molar-refractivity contribution is -0.142. The first-order chi connectivity index (χ1) is 9.58. The molecule has 2 aromatic rings. The number of nitrogens with zero attached hydrogens (tertiary/aromatic N) is 1. The predicted molar refractivity (Wildman–Crippen MR) is 81.6 cm³/mol. The minimum atomic E-state index is -0.240. The zero-order chi connectivity index (χ0) is 14.5. The fourth-order valence-electron chi connectivity index (χ4n) is 1.75. The van der Waals surface area contributed by atoms with E-state index in [0.717, 1.165) is 16.5 Å². The molecule has 2 rings (SSSR count). The van der Waals surface area contributed by atoms with Gasteiger partial charge in [0.25, 0.3) is 0 Å². The third-order valence-electron chi connectivity index (χ3n) is 2.94. The van der Waals surface area contributed by atoms with E-state index in [4.69, 9.17) is 4.74 Å². The monoisotopic (exact) mass is 290 g/mol. The molecule has 0 amide bonds. The maximum atomic E-state index is 11.4. The largest absolute Gasteiger partial charge is 0.466 e. The van der Waals surface area contributed by atoms with E-state index in [1.54, 1.807) is 6.92 Å². The van der Waals surface area contributed by atoms with Gasteiger partial charge in [0.15, 0.2) is 5.13 Å². The van der Waals surface area contributed by atoms with E-state index in [2.05, 4.69) is 36.3 Å². The van der Waals surface area contributed by atoms with Gasteiger partial charge in [0.2, 0.25) is 0 Å². The van der Waals surface area contributed by atoms with Crippen molar-refractivity contribution >= 4 is 28.1 Å². The molecule has 0 aliphatic rings. The third-order valence-corrected chi connectivity index (χ3v) is 3.75. The van der Waals surface area contributed by atoms with Crippen molar-refractivity contribution < 1.29 is 9.53 Å². The predicted octanol–water partition coefficient (Wildman–Crippen LogP) is 3.61. The second-order valence-electron chi connectivity index (χ2n) is 4.55. The average molecular weight is 290 g/mol. The quantitative estimate of drug-likeness (QED) is 0.855. The number of rotatable bonds is 5. The number of hydrogen-bond donors (Lipinski definition) is 1. The number of hydrogen-bond acceptors (Lipinski definition) is 5. The summed E-state index contributed by atoms with van der Waals surface area (Å²) in [6.07, 6.45) is 0.221. The van der Waals surface area contributed by atoms with Gasteiger partial charge in [-0.1, -0.05) is 6.07 Å². The summed E-state index contributed by atoms with van der Waals surface area (Å²) in [5, 5.41) is 5.91. The summed E-state index contributed by atoms with van der Waals surface area (Å²) in [5.41, 5.74) is 4.24. The molecule has 1 N–H and O–H groups in total. The molecule has 0 spiro atoms. The van der Waals surface area contributed by atoms with E-state index >= 15 is 0 Å². The molecular formula is C15H18N2O2S. The highest BCUT2D eigenvalue weighted by Gasteiger charge is 2.08. The highest BCUT2D eigenvalue weighted by atomic mass is 32.1. The molecule has 106 valence electrons.